The Hall–Kier alpha value is -2.89. The highest BCUT2D eigenvalue weighted by Gasteiger charge is 2.30. The predicted molar refractivity (Wildman–Crippen MR) is 115 cm³/mol. The van der Waals surface area contributed by atoms with Gasteiger partial charge in [0.25, 0.3) is 0 Å². The van der Waals surface area contributed by atoms with Gasteiger partial charge in [0.2, 0.25) is 10.0 Å². The molecule has 0 aliphatic carbocycles. The van der Waals surface area contributed by atoms with Crippen molar-refractivity contribution < 1.29 is 26.4 Å². The van der Waals surface area contributed by atoms with Crippen LogP contribution >= 0.6 is 11.3 Å². The number of carbonyl (C=O) groups is 1. The standard InChI is InChI=1S/C20H18F3N3O3S2/c1-2-24-31(28,29)16-6-7-17(13-8-9-30-12-13)18(11-16)26-19(27)25-15-5-3-4-14(10-15)20(21,22)23/h3-12,24H,2H2,1H3,(H2,25,26,27). The highest BCUT2D eigenvalue weighted by Crippen LogP contribution is 2.33. The number of urea groups is 1. The molecule has 0 spiro atoms. The van der Waals surface area contributed by atoms with Gasteiger partial charge in [-0.25, -0.2) is 17.9 Å². The molecule has 3 N–H and O–H groups in total. The number of sulfonamides is 1. The normalized spacial score (nSPS) is 11.9. The first kappa shape index (κ1) is 22.8. The third-order valence-electron chi connectivity index (χ3n) is 4.16. The summed E-state index contributed by atoms with van der Waals surface area (Å²) in [6.45, 7) is 1.83. The lowest BCUT2D eigenvalue weighted by atomic mass is 10.1. The molecule has 0 atom stereocenters. The summed E-state index contributed by atoms with van der Waals surface area (Å²) in [7, 11) is -3.78. The fraction of sp³-hybridized carbons (Fsp3) is 0.150. The molecule has 0 aliphatic heterocycles. The van der Waals surface area contributed by atoms with Gasteiger partial charge in [-0.1, -0.05) is 19.1 Å². The number of carbonyl (C=O) groups excluding carboxylic acids is 1. The molecule has 0 fully saturated rings. The van der Waals surface area contributed by atoms with E-state index >= 15 is 0 Å². The van der Waals surface area contributed by atoms with Crippen molar-refractivity contribution in [1.29, 1.82) is 0 Å². The van der Waals surface area contributed by atoms with Crippen molar-refractivity contribution in [2.45, 2.75) is 18.0 Å². The molecule has 0 bridgehead atoms. The Morgan fingerprint density at radius 3 is 2.48 bits per heavy atom. The Bertz CT molecular complexity index is 1180. The Balaban J connectivity index is 1.91. The van der Waals surface area contributed by atoms with E-state index < -0.39 is 27.8 Å². The van der Waals surface area contributed by atoms with E-state index in [0.29, 0.717) is 5.56 Å². The zero-order valence-corrected chi connectivity index (χ0v) is 17.8. The van der Waals surface area contributed by atoms with E-state index in [1.54, 1.807) is 19.1 Å². The molecule has 3 rings (SSSR count). The Kier molecular flexibility index (Phi) is 6.68. The molecule has 0 radical (unpaired) electrons. The molecule has 6 nitrogen and oxygen atoms in total. The third kappa shape index (κ3) is 5.63. The number of nitrogens with one attached hydrogen (secondary N) is 3. The summed E-state index contributed by atoms with van der Waals surface area (Å²) in [4.78, 5) is 12.4. The molecule has 0 unspecified atom stereocenters. The molecule has 11 heteroatoms. The molecule has 164 valence electrons. The molecule has 3 aromatic rings. The van der Waals surface area contributed by atoms with Crippen molar-refractivity contribution in [1.82, 2.24) is 4.72 Å². The minimum absolute atomic E-state index is 0.0531. The van der Waals surface area contributed by atoms with Crippen molar-refractivity contribution in [2.24, 2.45) is 0 Å². The van der Waals surface area contributed by atoms with Gasteiger partial charge in [0, 0.05) is 17.8 Å². The van der Waals surface area contributed by atoms with Gasteiger partial charge in [0.05, 0.1) is 16.1 Å². The maximum atomic E-state index is 12.9. The third-order valence-corrected chi connectivity index (χ3v) is 6.39. The van der Waals surface area contributed by atoms with Crippen molar-refractivity contribution in [3.63, 3.8) is 0 Å². The fourth-order valence-corrected chi connectivity index (χ4v) is 4.52. The molecule has 0 aliphatic rings. The number of anilines is 2. The zero-order chi connectivity index (χ0) is 22.6. The minimum atomic E-state index is -4.55. The zero-order valence-electron chi connectivity index (χ0n) is 16.2. The molecule has 31 heavy (non-hydrogen) atoms. The second-order valence-electron chi connectivity index (χ2n) is 6.38. The van der Waals surface area contributed by atoms with Gasteiger partial charge in [-0.2, -0.15) is 24.5 Å². The van der Waals surface area contributed by atoms with Crippen LogP contribution in [0.1, 0.15) is 12.5 Å². The second-order valence-corrected chi connectivity index (χ2v) is 8.93. The molecule has 1 aromatic heterocycles. The van der Waals surface area contributed by atoms with Gasteiger partial charge in [-0.3, -0.25) is 0 Å². The monoisotopic (exact) mass is 469 g/mol. The molecule has 2 aromatic carbocycles. The van der Waals surface area contributed by atoms with E-state index in [1.165, 1.54) is 35.6 Å². The first-order chi connectivity index (χ1) is 14.6. The summed E-state index contributed by atoms with van der Waals surface area (Å²) in [6, 6.07) is 9.48. The van der Waals surface area contributed by atoms with Crippen molar-refractivity contribution in [3.05, 3.63) is 64.9 Å². The maximum absolute atomic E-state index is 12.9. The van der Waals surface area contributed by atoms with Crippen LogP contribution in [0.4, 0.5) is 29.3 Å². The summed E-state index contributed by atoms with van der Waals surface area (Å²) in [5, 5.41) is 8.54. The van der Waals surface area contributed by atoms with Gasteiger partial charge >= 0.3 is 12.2 Å². The summed E-state index contributed by atoms with van der Waals surface area (Å²) in [5.74, 6) is 0. The highest BCUT2D eigenvalue weighted by atomic mass is 32.2. The van der Waals surface area contributed by atoms with Crippen molar-refractivity contribution in [3.8, 4) is 11.1 Å². The number of hydrogen-bond acceptors (Lipinski definition) is 4. The molecule has 1 heterocycles. The Morgan fingerprint density at radius 1 is 1.06 bits per heavy atom. The van der Waals surface area contributed by atoms with E-state index in [1.807, 2.05) is 10.8 Å². The highest BCUT2D eigenvalue weighted by molar-refractivity contribution is 7.89. The quantitative estimate of drug-likeness (QED) is 0.453. The number of benzene rings is 2. The van der Waals surface area contributed by atoms with E-state index in [4.69, 9.17) is 0 Å². The molecule has 0 saturated carbocycles. The lowest BCUT2D eigenvalue weighted by Crippen LogP contribution is -2.24. The number of amides is 2. The summed E-state index contributed by atoms with van der Waals surface area (Å²) >= 11 is 1.42. The average molecular weight is 470 g/mol. The van der Waals surface area contributed by atoms with E-state index in [2.05, 4.69) is 15.4 Å². The first-order valence-corrected chi connectivity index (χ1v) is 11.4. The molecular weight excluding hydrogens is 451 g/mol. The van der Waals surface area contributed by atoms with Gasteiger partial charge in [-0.15, -0.1) is 0 Å². The van der Waals surface area contributed by atoms with Gasteiger partial charge in [0.1, 0.15) is 0 Å². The number of alkyl halides is 3. The number of rotatable bonds is 6. The largest absolute Gasteiger partial charge is 0.416 e. The molecular formula is C20H18F3N3O3S2. The SMILES string of the molecule is CCNS(=O)(=O)c1ccc(-c2ccsc2)c(NC(=O)Nc2cccc(C(F)(F)F)c2)c1. The van der Waals surface area contributed by atoms with E-state index in [-0.39, 0.29) is 22.8 Å². The van der Waals surface area contributed by atoms with Gasteiger partial charge < -0.3 is 10.6 Å². The van der Waals surface area contributed by atoms with Crippen LogP contribution in [-0.2, 0) is 16.2 Å². The summed E-state index contributed by atoms with van der Waals surface area (Å²) in [6.07, 6.45) is -4.55. The van der Waals surface area contributed by atoms with Crippen molar-refractivity contribution >= 4 is 38.8 Å². The maximum Gasteiger partial charge on any atom is 0.416 e. The number of thiophene rings is 1. The number of halogens is 3. The molecule has 2 amide bonds. The van der Waals surface area contributed by atoms with Crippen LogP contribution in [0, 0.1) is 0 Å². The minimum Gasteiger partial charge on any atom is -0.308 e. The van der Waals surface area contributed by atoms with E-state index in [0.717, 1.165) is 17.7 Å². The van der Waals surface area contributed by atoms with Crippen LogP contribution in [0.3, 0.4) is 0 Å². The first-order valence-electron chi connectivity index (χ1n) is 9.01. The Labute approximate surface area is 181 Å². The number of hydrogen-bond donors (Lipinski definition) is 3. The topological polar surface area (TPSA) is 87.3 Å². The smallest absolute Gasteiger partial charge is 0.308 e. The van der Waals surface area contributed by atoms with E-state index in [9.17, 15) is 26.4 Å². The average Bonchev–Trinajstić information content (AvgIpc) is 3.22. The van der Waals surface area contributed by atoms with Gasteiger partial charge in [0.15, 0.2) is 0 Å². The summed E-state index contributed by atoms with van der Waals surface area (Å²) in [5.41, 5.74) is 0.563. The van der Waals surface area contributed by atoms with Crippen LogP contribution < -0.4 is 15.4 Å². The van der Waals surface area contributed by atoms with Gasteiger partial charge in [-0.05, 0) is 52.7 Å². The lowest BCUT2D eigenvalue weighted by Gasteiger charge is -2.14. The van der Waals surface area contributed by atoms with Crippen LogP contribution in [0.15, 0.2) is 64.2 Å². The predicted octanol–water partition coefficient (Wildman–Crippen LogP) is 5.38. The lowest BCUT2D eigenvalue weighted by molar-refractivity contribution is -0.137. The van der Waals surface area contributed by atoms with Crippen LogP contribution in [0.25, 0.3) is 11.1 Å². The fourth-order valence-electron chi connectivity index (χ4n) is 2.79. The van der Waals surface area contributed by atoms with Crippen LogP contribution in [0.2, 0.25) is 0 Å². The van der Waals surface area contributed by atoms with Crippen LogP contribution in [0.5, 0.6) is 0 Å². The van der Waals surface area contributed by atoms with Crippen molar-refractivity contribution in [2.75, 3.05) is 17.2 Å². The summed E-state index contributed by atoms with van der Waals surface area (Å²) < 4.78 is 65.7. The van der Waals surface area contributed by atoms with Crippen LogP contribution in [-0.4, -0.2) is 21.0 Å². The Morgan fingerprint density at radius 2 is 1.84 bits per heavy atom. The molecule has 0 saturated heterocycles. The second kappa shape index (κ2) is 9.08.